The molecular formula is C14H22N2O2. The Morgan fingerprint density at radius 3 is 2.61 bits per heavy atom. The van der Waals surface area contributed by atoms with Gasteiger partial charge in [0, 0.05) is 20.2 Å². The van der Waals surface area contributed by atoms with Crippen molar-refractivity contribution < 1.29 is 9.53 Å². The lowest BCUT2D eigenvalue weighted by Gasteiger charge is -2.24. The fourth-order valence-electron chi connectivity index (χ4n) is 1.82. The number of hydrogen-bond acceptors (Lipinski definition) is 3. The normalized spacial score (nSPS) is 12.2. The van der Waals surface area contributed by atoms with Crippen molar-refractivity contribution in [2.75, 3.05) is 26.8 Å². The molecule has 0 saturated carbocycles. The zero-order chi connectivity index (χ0) is 13.4. The smallest absolute Gasteiger partial charge is 0.241 e. The van der Waals surface area contributed by atoms with Gasteiger partial charge in [-0.05, 0) is 18.9 Å². The number of amides is 1. The zero-order valence-corrected chi connectivity index (χ0v) is 11.1. The number of nitrogens with zero attached hydrogens (tertiary/aromatic N) is 1. The van der Waals surface area contributed by atoms with Crippen LogP contribution < -0.4 is 5.73 Å². The Morgan fingerprint density at radius 2 is 2.06 bits per heavy atom. The fourth-order valence-corrected chi connectivity index (χ4v) is 1.82. The van der Waals surface area contributed by atoms with E-state index in [4.69, 9.17) is 10.5 Å². The molecule has 1 aromatic carbocycles. The second-order valence-corrected chi connectivity index (χ2v) is 4.22. The number of carbonyl (C=O) groups excluding carboxylic acids is 1. The van der Waals surface area contributed by atoms with E-state index in [9.17, 15) is 4.79 Å². The van der Waals surface area contributed by atoms with Gasteiger partial charge in [-0.25, -0.2) is 0 Å². The maximum atomic E-state index is 12.0. The van der Waals surface area contributed by atoms with E-state index in [2.05, 4.69) is 12.1 Å². The van der Waals surface area contributed by atoms with Gasteiger partial charge in [0.15, 0.2) is 0 Å². The number of methoxy groups -OCH3 is 1. The third-order valence-corrected chi connectivity index (χ3v) is 2.87. The lowest BCUT2D eigenvalue weighted by Crippen LogP contribution is -2.46. The number of ether oxygens (including phenoxy) is 1. The summed E-state index contributed by atoms with van der Waals surface area (Å²) in [6.45, 7) is 3.59. The van der Waals surface area contributed by atoms with Crippen LogP contribution in [-0.4, -0.2) is 43.7 Å². The van der Waals surface area contributed by atoms with Crippen LogP contribution in [0.25, 0.3) is 0 Å². The Balaban J connectivity index is 2.49. The number of carbonyl (C=O) groups is 1. The first-order valence-electron chi connectivity index (χ1n) is 6.26. The topological polar surface area (TPSA) is 55.6 Å². The van der Waals surface area contributed by atoms with Crippen molar-refractivity contribution in [1.29, 1.82) is 0 Å². The molecule has 1 unspecified atom stereocenters. The van der Waals surface area contributed by atoms with Gasteiger partial charge in [0.1, 0.15) is 6.04 Å². The third-order valence-electron chi connectivity index (χ3n) is 2.87. The van der Waals surface area contributed by atoms with Crippen molar-refractivity contribution in [2.45, 2.75) is 19.4 Å². The van der Waals surface area contributed by atoms with Crippen molar-refractivity contribution in [2.24, 2.45) is 5.73 Å². The molecule has 0 saturated heterocycles. The maximum absolute atomic E-state index is 12.0. The zero-order valence-electron chi connectivity index (χ0n) is 11.1. The standard InChI is InChI=1S/C14H22N2O2/c1-3-16(14(17)13(15)11-18-2)10-9-12-7-5-4-6-8-12/h4-8,13H,3,9-11,15H2,1-2H3. The first-order chi connectivity index (χ1) is 8.69. The molecule has 1 rings (SSSR count). The van der Waals surface area contributed by atoms with Crippen LogP contribution in [0.2, 0.25) is 0 Å². The summed E-state index contributed by atoms with van der Waals surface area (Å²) in [4.78, 5) is 13.8. The SMILES string of the molecule is CCN(CCc1ccccc1)C(=O)C(N)COC. The van der Waals surface area contributed by atoms with Gasteiger partial charge in [-0.2, -0.15) is 0 Å². The highest BCUT2D eigenvalue weighted by molar-refractivity contribution is 5.81. The molecule has 0 aliphatic rings. The average molecular weight is 250 g/mol. The Hall–Kier alpha value is -1.39. The summed E-state index contributed by atoms with van der Waals surface area (Å²) in [5.41, 5.74) is 6.98. The van der Waals surface area contributed by atoms with E-state index in [1.165, 1.54) is 5.56 Å². The third kappa shape index (κ3) is 4.47. The van der Waals surface area contributed by atoms with Gasteiger partial charge in [0.05, 0.1) is 6.61 Å². The molecule has 18 heavy (non-hydrogen) atoms. The van der Waals surface area contributed by atoms with Crippen LogP contribution in [-0.2, 0) is 16.0 Å². The molecule has 1 amide bonds. The Bertz CT molecular complexity index is 354. The van der Waals surface area contributed by atoms with E-state index in [0.717, 1.165) is 6.42 Å². The number of likely N-dealkylation sites (N-methyl/N-ethyl adjacent to an activating group) is 1. The van der Waals surface area contributed by atoms with Gasteiger partial charge in [-0.3, -0.25) is 4.79 Å². The molecular weight excluding hydrogens is 228 g/mol. The van der Waals surface area contributed by atoms with Crippen molar-refractivity contribution in [3.63, 3.8) is 0 Å². The minimum atomic E-state index is -0.564. The molecule has 1 atom stereocenters. The molecule has 2 N–H and O–H groups in total. The van der Waals surface area contributed by atoms with E-state index in [-0.39, 0.29) is 12.5 Å². The highest BCUT2D eigenvalue weighted by atomic mass is 16.5. The van der Waals surface area contributed by atoms with Gasteiger partial charge >= 0.3 is 0 Å². The van der Waals surface area contributed by atoms with E-state index in [0.29, 0.717) is 13.1 Å². The van der Waals surface area contributed by atoms with Gasteiger partial charge in [-0.1, -0.05) is 30.3 Å². The second-order valence-electron chi connectivity index (χ2n) is 4.22. The minimum Gasteiger partial charge on any atom is -0.383 e. The summed E-state index contributed by atoms with van der Waals surface area (Å²) in [6.07, 6.45) is 0.847. The van der Waals surface area contributed by atoms with Crippen molar-refractivity contribution in [3.8, 4) is 0 Å². The Labute approximate surface area is 109 Å². The molecule has 0 radical (unpaired) electrons. The van der Waals surface area contributed by atoms with E-state index in [1.54, 1.807) is 12.0 Å². The molecule has 0 aromatic heterocycles. The Morgan fingerprint density at radius 1 is 1.39 bits per heavy atom. The highest BCUT2D eigenvalue weighted by Gasteiger charge is 2.19. The Kier molecular flexibility index (Phi) is 6.39. The number of rotatable bonds is 7. The predicted molar refractivity (Wildman–Crippen MR) is 72.3 cm³/mol. The molecule has 4 nitrogen and oxygen atoms in total. The van der Waals surface area contributed by atoms with Crippen LogP contribution in [0.4, 0.5) is 0 Å². The van der Waals surface area contributed by atoms with Gasteiger partial charge in [0.2, 0.25) is 5.91 Å². The first kappa shape index (κ1) is 14.7. The summed E-state index contributed by atoms with van der Waals surface area (Å²) in [7, 11) is 1.55. The molecule has 0 bridgehead atoms. The monoisotopic (exact) mass is 250 g/mol. The summed E-state index contributed by atoms with van der Waals surface area (Å²) in [5.74, 6) is -0.0460. The van der Waals surface area contributed by atoms with Crippen LogP contribution in [0.1, 0.15) is 12.5 Å². The summed E-state index contributed by atoms with van der Waals surface area (Å²) in [6, 6.07) is 9.56. The van der Waals surface area contributed by atoms with Gasteiger partial charge in [0.25, 0.3) is 0 Å². The largest absolute Gasteiger partial charge is 0.383 e. The lowest BCUT2D eigenvalue weighted by molar-refractivity contribution is -0.133. The van der Waals surface area contributed by atoms with Crippen LogP contribution >= 0.6 is 0 Å². The summed E-state index contributed by atoms with van der Waals surface area (Å²) >= 11 is 0. The highest BCUT2D eigenvalue weighted by Crippen LogP contribution is 2.02. The van der Waals surface area contributed by atoms with Crippen molar-refractivity contribution in [1.82, 2.24) is 4.90 Å². The summed E-state index contributed by atoms with van der Waals surface area (Å²) < 4.78 is 4.91. The van der Waals surface area contributed by atoms with E-state index < -0.39 is 6.04 Å². The summed E-state index contributed by atoms with van der Waals surface area (Å²) in [5, 5.41) is 0. The maximum Gasteiger partial charge on any atom is 0.241 e. The first-order valence-corrected chi connectivity index (χ1v) is 6.26. The predicted octanol–water partition coefficient (Wildman–Crippen LogP) is 1.05. The molecule has 0 spiro atoms. The van der Waals surface area contributed by atoms with Crippen LogP contribution in [0, 0.1) is 0 Å². The van der Waals surface area contributed by atoms with Crippen molar-refractivity contribution >= 4 is 5.91 Å². The van der Waals surface area contributed by atoms with Gasteiger partial charge < -0.3 is 15.4 Å². The molecule has 0 fully saturated rings. The van der Waals surface area contributed by atoms with Crippen LogP contribution in [0.15, 0.2) is 30.3 Å². The second kappa shape index (κ2) is 7.84. The van der Waals surface area contributed by atoms with Crippen LogP contribution in [0.3, 0.4) is 0 Å². The van der Waals surface area contributed by atoms with E-state index >= 15 is 0 Å². The van der Waals surface area contributed by atoms with Crippen molar-refractivity contribution in [3.05, 3.63) is 35.9 Å². The molecule has 0 aliphatic heterocycles. The number of nitrogens with two attached hydrogens (primary N) is 1. The van der Waals surface area contributed by atoms with E-state index in [1.807, 2.05) is 25.1 Å². The van der Waals surface area contributed by atoms with Crippen LogP contribution in [0.5, 0.6) is 0 Å². The average Bonchev–Trinajstić information content (AvgIpc) is 2.40. The molecule has 0 heterocycles. The molecule has 100 valence electrons. The molecule has 1 aromatic rings. The number of hydrogen-bond donors (Lipinski definition) is 1. The fraction of sp³-hybridized carbons (Fsp3) is 0.500. The quantitative estimate of drug-likeness (QED) is 0.787. The number of benzene rings is 1. The van der Waals surface area contributed by atoms with Gasteiger partial charge in [-0.15, -0.1) is 0 Å². The lowest BCUT2D eigenvalue weighted by atomic mass is 10.1. The minimum absolute atomic E-state index is 0.0460. The molecule has 4 heteroatoms. The molecule has 0 aliphatic carbocycles.